The van der Waals surface area contributed by atoms with Crippen LogP contribution in [-0.4, -0.2) is 19.2 Å². The third-order valence-electron chi connectivity index (χ3n) is 3.69. The highest BCUT2D eigenvalue weighted by atomic mass is 16.1. The molecule has 0 amide bonds. The van der Waals surface area contributed by atoms with Crippen molar-refractivity contribution in [3.05, 3.63) is 94.8 Å². The molecule has 0 aliphatic carbocycles. The summed E-state index contributed by atoms with van der Waals surface area (Å²) in [6.45, 7) is 0. The number of benzene rings is 1. The molecule has 0 fully saturated rings. The van der Waals surface area contributed by atoms with Gasteiger partial charge >= 0.3 is 0 Å². The van der Waals surface area contributed by atoms with E-state index in [9.17, 15) is 4.79 Å². The van der Waals surface area contributed by atoms with Crippen molar-refractivity contribution in [1.29, 1.82) is 0 Å². The maximum atomic E-state index is 12.5. The molecule has 0 spiro atoms. The minimum Gasteiger partial charge on any atom is -0.267 e. The van der Waals surface area contributed by atoms with Crippen LogP contribution in [0.25, 0.3) is 23.5 Å². The zero-order valence-corrected chi connectivity index (χ0v) is 12.8. The van der Waals surface area contributed by atoms with Crippen LogP contribution < -0.4 is 5.56 Å². The van der Waals surface area contributed by atoms with Crippen molar-refractivity contribution in [2.24, 2.45) is 0 Å². The number of nitrogens with zero attached hydrogens (tertiary/aromatic N) is 4. The molecule has 0 saturated heterocycles. The Balaban J connectivity index is 1.77. The lowest BCUT2D eigenvalue weighted by Gasteiger charge is -2.06. The Bertz CT molecular complexity index is 1060. The number of pyridine rings is 1. The van der Waals surface area contributed by atoms with Crippen molar-refractivity contribution in [2.45, 2.75) is 0 Å². The maximum Gasteiger partial charge on any atom is 0.273 e. The molecule has 0 radical (unpaired) electrons. The molecule has 0 unspecified atom stereocenters. The van der Waals surface area contributed by atoms with Gasteiger partial charge < -0.3 is 0 Å². The molecule has 0 atom stereocenters. The Morgan fingerprint density at radius 2 is 1.71 bits per heavy atom. The molecule has 5 nitrogen and oxygen atoms in total. The van der Waals surface area contributed by atoms with Gasteiger partial charge in [0, 0.05) is 30.7 Å². The second-order valence-corrected chi connectivity index (χ2v) is 5.30. The minimum absolute atomic E-state index is 0.122. The molecule has 0 N–H and O–H groups in total. The van der Waals surface area contributed by atoms with Crippen LogP contribution in [0.2, 0.25) is 0 Å². The molecule has 0 aliphatic heterocycles. The standard InChI is InChI=1S/C19H14N4O/c24-19-14-16(7-6-15-8-11-20-12-9-15)21-18-10-13-22(23(18)19)17-4-2-1-3-5-17/h1-14H/b7-6+. The Kier molecular flexibility index (Phi) is 3.51. The number of hydrogen-bond donors (Lipinski definition) is 0. The van der Waals surface area contributed by atoms with E-state index in [2.05, 4.69) is 9.97 Å². The normalized spacial score (nSPS) is 11.3. The zero-order valence-electron chi connectivity index (χ0n) is 12.8. The molecular weight excluding hydrogens is 300 g/mol. The van der Waals surface area contributed by atoms with Gasteiger partial charge in [-0.25, -0.2) is 4.98 Å². The summed E-state index contributed by atoms with van der Waals surface area (Å²) in [7, 11) is 0. The topological polar surface area (TPSA) is 52.2 Å². The molecule has 4 aromatic rings. The lowest BCUT2D eigenvalue weighted by Crippen LogP contribution is -2.19. The van der Waals surface area contributed by atoms with E-state index < -0.39 is 0 Å². The van der Waals surface area contributed by atoms with Crippen LogP contribution in [0, 0.1) is 0 Å². The third kappa shape index (κ3) is 2.63. The minimum atomic E-state index is -0.122. The van der Waals surface area contributed by atoms with E-state index in [0.717, 1.165) is 11.3 Å². The van der Waals surface area contributed by atoms with Gasteiger partial charge in [0.15, 0.2) is 5.65 Å². The number of aromatic nitrogens is 4. The van der Waals surface area contributed by atoms with Gasteiger partial charge in [-0.05, 0) is 35.9 Å². The van der Waals surface area contributed by atoms with Crippen LogP contribution in [0.15, 0.2) is 78.0 Å². The third-order valence-corrected chi connectivity index (χ3v) is 3.69. The molecule has 0 aliphatic rings. The fraction of sp³-hybridized carbons (Fsp3) is 0. The number of rotatable bonds is 3. The molecule has 3 aromatic heterocycles. The first-order valence-corrected chi connectivity index (χ1v) is 7.56. The predicted molar refractivity (Wildman–Crippen MR) is 94.0 cm³/mol. The fourth-order valence-corrected chi connectivity index (χ4v) is 2.56. The summed E-state index contributed by atoms with van der Waals surface area (Å²) in [6.07, 6.45) is 9.04. The van der Waals surface area contributed by atoms with Gasteiger partial charge in [-0.3, -0.25) is 14.5 Å². The van der Waals surface area contributed by atoms with Gasteiger partial charge in [-0.2, -0.15) is 4.52 Å². The van der Waals surface area contributed by atoms with E-state index in [-0.39, 0.29) is 5.56 Å². The number of hydrogen-bond acceptors (Lipinski definition) is 3. The van der Waals surface area contributed by atoms with E-state index in [4.69, 9.17) is 0 Å². The molecule has 116 valence electrons. The first-order chi connectivity index (χ1) is 11.8. The average molecular weight is 314 g/mol. The van der Waals surface area contributed by atoms with Crippen LogP contribution >= 0.6 is 0 Å². The summed E-state index contributed by atoms with van der Waals surface area (Å²) in [5.74, 6) is 0. The van der Waals surface area contributed by atoms with Crippen molar-refractivity contribution in [3.8, 4) is 5.69 Å². The van der Waals surface area contributed by atoms with Gasteiger partial charge in [0.05, 0.1) is 11.4 Å². The average Bonchev–Trinajstić information content (AvgIpc) is 3.06. The quantitative estimate of drug-likeness (QED) is 0.584. The largest absolute Gasteiger partial charge is 0.273 e. The van der Waals surface area contributed by atoms with E-state index >= 15 is 0 Å². The summed E-state index contributed by atoms with van der Waals surface area (Å²) < 4.78 is 3.35. The van der Waals surface area contributed by atoms with Crippen molar-refractivity contribution in [2.75, 3.05) is 0 Å². The van der Waals surface area contributed by atoms with Gasteiger partial charge in [-0.15, -0.1) is 0 Å². The monoisotopic (exact) mass is 314 g/mol. The van der Waals surface area contributed by atoms with Crippen molar-refractivity contribution in [3.63, 3.8) is 0 Å². The van der Waals surface area contributed by atoms with Gasteiger partial charge in [0.25, 0.3) is 5.56 Å². The summed E-state index contributed by atoms with van der Waals surface area (Å²) in [5, 5.41) is 0. The lowest BCUT2D eigenvalue weighted by molar-refractivity contribution is 0.763. The number of para-hydroxylation sites is 1. The fourth-order valence-electron chi connectivity index (χ4n) is 2.56. The zero-order chi connectivity index (χ0) is 16.4. The van der Waals surface area contributed by atoms with Crippen molar-refractivity contribution < 1.29 is 0 Å². The first-order valence-electron chi connectivity index (χ1n) is 7.56. The molecule has 5 heteroatoms. The second-order valence-electron chi connectivity index (χ2n) is 5.30. The van der Waals surface area contributed by atoms with Crippen LogP contribution in [0.1, 0.15) is 11.3 Å². The second kappa shape index (κ2) is 5.96. The molecule has 4 rings (SSSR count). The van der Waals surface area contributed by atoms with Crippen LogP contribution in [0.4, 0.5) is 0 Å². The van der Waals surface area contributed by atoms with Crippen molar-refractivity contribution in [1.82, 2.24) is 19.2 Å². The smallest absolute Gasteiger partial charge is 0.267 e. The molecule has 0 saturated carbocycles. The van der Waals surface area contributed by atoms with Gasteiger partial charge in [0.1, 0.15) is 0 Å². The van der Waals surface area contributed by atoms with Gasteiger partial charge in [0.2, 0.25) is 0 Å². The molecule has 1 aromatic carbocycles. The van der Waals surface area contributed by atoms with E-state index in [1.165, 1.54) is 6.07 Å². The Morgan fingerprint density at radius 1 is 0.917 bits per heavy atom. The first kappa shape index (κ1) is 14.1. The molecule has 0 bridgehead atoms. The van der Waals surface area contributed by atoms with E-state index in [0.29, 0.717) is 11.3 Å². The highest BCUT2D eigenvalue weighted by Crippen LogP contribution is 2.10. The molecule has 24 heavy (non-hydrogen) atoms. The van der Waals surface area contributed by atoms with Crippen molar-refractivity contribution >= 4 is 17.8 Å². The highest BCUT2D eigenvalue weighted by molar-refractivity contribution is 5.68. The van der Waals surface area contributed by atoms with E-state index in [1.54, 1.807) is 21.6 Å². The van der Waals surface area contributed by atoms with Gasteiger partial charge in [-0.1, -0.05) is 24.3 Å². The Hall–Kier alpha value is -3.47. The van der Waals surface area contributed by atoms with Crippen LogP contribution in [0.5, 0.6) is 0 Å². The summed E-state index contributed by atoms with van der Waals surface area (Å²) >= 11 is 0. The summed E-state index contributed by atoms with van der Waals surface area (Å²) in [6, 6.07) is 16.9. The molecular formula is C19H14N4O. The Labute approximate surface area is 138 Å². The summed E-state index contributed by atoms with van der Waals surface area (Å²) in [5.41, 5.74) is 3.04. The highest BCUT2D eigenvalue weighted by Gasteiger charge is 2.06. The Morgan fingerprint density at radius 3 is 2.50 bits per heavy atom. The number of fused-ring (bicyclic) bond motifs is 1. The van der Waals surface area contributed by atoms with E-state index in [1.807, 2.05) is 66.9 Å². The van der Waals surface area contributed by atoms with Crippen LogP contribution in [0.3, 0.4) is 0 Å². The lowest BCUT2D eigenvalue weighted by atomic mass is 10.2. The maximum absolute atomic E-state index is 12.5. The SMILES string of the molecule is O=c1cc(/C=C/c2ccncc2)nc2ccn(-c3ccccc3)n12. The molecule has 3 heterocycles. The predicted octanol–water partition coefficient (Wildman–Crippen LogP) is 3.05. The van der Waals surface area contributed by atoms with Crippen LogP contribution in [-0.2, 0) is 0 Å². The summed E-state index contributed by atoms with van der Waals surface area (Å²) in [4.78, 5) is 21.0.